The molecular weight excluding hydrogens is 390 g/mol. The number of primary sulfonamides is 1. The Kier molecular flexibility index (Phi) is 4.81. The van der Waals surface area contributed by atoms with Crippen molar-refractivity contribution in [3.63, 3.8) is 0 Å². The molecule has 0 saturated carbocycles. The summed E-state index contributed by atoms with van der Waals surface area (Å²) in [4.78, 5) is 26.2. The Morgan fingerprint density at radius 3 is 2.19 bits per heavy atom. The Balaban J connectivity index is 1.90. The molecule has 0 aliphatic carbocycles. The molecule has 9 heteroatoms. The molecule has 1 aliphatic heterocycles. The first kappa shape index (κ1) is 19.1. The van der Waals surface area contributed by atoms with Crippen LogP contribution in [0.2, 0.25) is 0 Å². The number of halogens is 1. The standard InChI is InChI=1S/C18H16ClN3O4S/c1-10-3-8-14(11(2)9-10)22-17(23)15(19)16(18(22)24)21-12-4-6-13(7-5-12)27(20,25)26/h3-9,21H,1-2H3,(H2,20,25,26). The summed E-state index contributed by atoms with van der Waals surface area (Å²) >= 11 is 6.09. The first-order valence-electron chi connectivity index (χ1n) is 7.85. The summed E-state index contributed by atoms with van der Waals surface area (Å²) in [7, 11) is -3.83. The van der Waals surface area contributed by atoms with Crippen molar-refractivity contribution in [3.05, 3.63) is 64.3 Å². The molecule has 140 valence electrons. The van der Waals surface area contributed by atoms with Gasteiger partial charge in [-0.15, -0.1) is 0 Å². The second-order valence-electron chi connectivity index (χ2n) is 6.12. The van der Waals surface area contributed by atoms with Crippen LogP contribution in [0.4, 0.5) is 11.4 Å². The molecular formula is C18H16ClN3O4S. The molecule has 1 aliphatic rings. The molecule has 0 radical (unpaired) electrons. The fourth-order valence-electron chi connectivity index (χ4n) is 2.76. The fourth-order valence-corrected chi connectivity index (χ4v) is 3.49. The third-order valence-electron chi connectivity index (χ3n) is 4.07. The number of hydrogen-bond donors (Lipinski definition) is 2. The average Bonchev–Trinajstić information content (AvgIpc) is 2.79. The van der Waals surface area contributed by atoms with Crippen molar-refractivity contribution in [1.82, 2.24) is 0 Å². The van der Waals surface area contributed by atoms with Gasteiger partial charge in [-0.2, -0.15) is 0 Å². The minimum absolute atomic E-state index is 0.0705. The topological polar surface area (TPSA) is 110 Å². The Labute approximate surface area is 161 Å². The quantitative estimate of drug-likeness (QED) is 0.759. The van der Waals surface area contributed by atoms with Crippen molar-refractivity contribution in [2.75, 3.05) is 10.2 Å². The van der Waals surface area contributed by atoms with E-state index in [1.165, 1.54) is 24.3 Å². The van der Waals surface area contributed by atoms with Crippen LogP contribution in [0.3, 0.4) is 0 Å². The highest BCUT2D eigenvalue weighted by molar-refractivity contribution is 7.89. The normalized spacial score (nSPS) is 14.9. The maximum Gasteiger partial charge on any atom is 0.283 e. The van der Waals surface area contributed by atoms with Crippen molar-refractivity contribution in [2.24, 2.45) is 5.14 Å². The van der Waals surface area contributed by atoms with Gasteiger partial charge >= 0.3 is 0 Å². The van der Waals surface area contributed by atoms with Crippen LogP contribution in [0.1, 0.15) is 11.1 Å². The summed E-state index contributed by atoms with van der Waals surface area (Å²) in [5.41, 5.74) is 2.53. The molecule has 0 atom stereocenters. The van der Waals surface area contributed by atoms with Gasteiger partial charge in [0, 0.05) is 5.69 Å². The van der Waals surface area contributed by atoms with Crippen molar-refractivity contribution in [2.45, 2.75) is 18.7 Å². The molecule has 0 aromatic heterocycles. The van der Waals surface area contributed by atoms with Crippen LogP contribution in [-0.2, 0) is 19.6 Å². The molecule has 1 heterocycles. The van der Waals surface area contributed by atoms with Gasteiger partial charge in [0.2, 0.25) is 10.0 Å². The molecule has 3 rings (SSSR count). The highest BCUT2D eigenvalue weighted by atomic mass is 35.5. The van der Waals surface area contributed by atoms with Crippen molar-refractivity contribution >= 4 is 44.8 Å². The molecule has 2 amide bonds. The zero-order valence-corrected chi connectivity index (χ0v) is 16.1. The number of nitrogens with two attached hydrogens (primary N) is 1. The zero-order chi connectivity index (χ0) is 19.9. The first-order chi connectivity index (χ1) is 12.6. The van der Waals surface area contributed by atoms with Crippen LogP contribution >= 0.6 is 11.6 Å². The van der Waals surface area contributed by atoms with E-state index in [1.54, 1.807) is 19.1 Å². The van der Waals surface area contributed by atoms with Gasteiger partial charge in [-0.05, 0) is 49.7 Å². The van der Waals surface area contributed by atoms with Crippen LogP contribution in [0, 0.1) is 13.8 Å². The van der Waals surface area contributed by atoms with Gasteiger partial charge in [0.15, 0.2) is 0 Å². The number of aryl methyl sites for hydroxylation is 2. The number of carbonyl (C=O) groups excluding carboxylic acids is 2. The summed E-state index contributed by atoms with van der Waals surface area (Å²) in [5, 5.41) is 7.60. The maximum absolute atomic E-state index is 12.8. The highest BCUT2D eigenvalue weighted by Gasteiger charge is 2.39. The summed E-state index contributed by atoms with van der Waals surface area (Å²) < 4.78 is 22.6. The van der Waals surface area contributed by atoms with Gasteiger partial charge in [0.05, 0.1) is 10.6 Å². The van der Waals surface area contributed by atoms with E-state index in [-0.39, 0.29) is 15.6 Å². The fraction of sp³-hybridized carbons (Fsp3) is 0.111. The minimum atomic E-state index is -3.83. The highest BCUT2D eigenvalue weighted by Crippen LogP contribution is 2.32. The van der Waals surface area contributed by atoms with Crippen LogP contribution in [0.25, 0.3) is 0 Å². The summed E-state index contributed by atoms with van der Waals surface area (Å²) in [6.07, 6.45) is 0. The Hall–Kier alpha value is -2.68. The van der Waals surface area contributed by atoms with Crippen LogP contribution in [0.5, 0.6) is 0 Å². The summed E-state index contributed by atoms with van der Waals surface area (Å²) in [5.74, 6) is -1.22. The molecule has 3 N–H and O–H groups in total. The molecule has 0 spiro atoms. The lowest BCUT2D eigenvalue weighted by atomic mass is 10.1. The van der Waals surface area contributed by atoms with Gasteiger partial charge < -0.3 is 5.32 Å². The molecule has 2 aromatic rings. The predicted molar refractivity (Wildman–Crippen MR) is 103 cm³/mol. The van der Waals surface area contributed by atoms with Crippen LogP contribution in [-0.4, -0.2) is 20.2 Å². The van der Waals surface area contributed by atoms with E-state index in [0.29, 0.717) is 11.4 Å². The van der Waals surface area contributed by atoms with Gasteiger partial charge in [-0.25, -0.2) is 18.5 Å². The molecule has 7 nitrogen and oxygen atoms in total. The number of nitrogens with zero attached hydrogens (tertiary/aromatic N) is 1. The van der Waals surface area contributed by atoms with Gasteiger partial charge in [0.25, 0.3) is 11.8 Å². The van der Waals surface area contributed by atoms with E-state index in [4.69, 9.17) is 16.7 Å². The minimum Gasteiger partial charge on any atom is -0.350 e. The lowest BCUT2D eigenvalue weighted by Gasteiger charge is -2.18. The molecule has 27 heavy (non-hydrogen) atoms. The van der Waals surface area contributed by atoms with Crippen LogP contribution in [0.15, 0.2) is 58.1 Å². The van der Waals surface area contributed by atoms with Gasteiger partial charge in [0.1, 0.15) is 10.7 Å². The number of carbonyl (C=O) groups is 2. The Morgan fingerprint density at radius 1 is 1.00 bits per heavy atom. The molecule has 0 fully saturated rings. The number of amides is 2. The third-order valence-corrected chi connectivity index (χ3v) is 5.35. The number of hydrogen-bond acceptors (Lipinski definition) is 5. The summed E-state index contributed by atoms with van der Waals surface area (Å²) in [6, 6.07) is 10.8. The van der Waals surface area contributed by atoms with E-state index < -0.39 is 21.8 Å². The van der Waals surface area contributed by atoms with Crippen molar-refractivity contribution in [1.29, 1.82) is 0 Å². The molecule has 0 unspecified atom stereocenters. The number of anilines is 2. The Morgan fingerprint density at radius 2 is 1.63 bits per heavy atom. The molecule has 0 saturated heterocycles. The number of benzene rings is 2. The van der Waals surface area contributed by atoms with E-state index in [0.717, 1.165) is 16.0 Å². The second-order valence-corrected chi connectivity index (χ2v) is 8.06. The third kappa shape index (κ3) is 3.59. The number of nitrogens with one attached hydrogen (secondary N) is 1. The number of imide groups is 1. The van der Waals surface area contributed by atoms with Crippen LogP contribution < -0.4 is 15.4 Å². The Bertz CT molecular complexity index is 1090. The van der Waals surface area contributed by atoms with E-state index in [2.05, 4.69) is 5.32 Å². The number of rotatable bonds is 4. The molecule has 2 aromatic carbocycles. The maximum atomic E-state index is 12.8. The largest absolute Gasteiger partial charge is 0.350 e. The SMILES string of the molecule is Cc1ccc(N2C(=O)C(Cl)=C(Nc3ccc(S(N)(=O)=O)cc3)C2=O)c(C)c1. The van der Waals surface area contributed by atoms with E-state index >= 15 is 0 Å². The van der Waals surface area contributed by atoms with Crippen molar-refractivity contribution in [3.8, 4) is 0 Å². The second kappa shape index (κ2) is 6.80. The predicted octanol–water partition coefficient (Wildman–Crippen LogP) is 2.39. The number of sulfonamides is 1. The first-order valence-corrected chi connectivity index (χ1v) is 9.77. The monoisotopic (exact) mass is 405 g/mol. The van der Waals surface area contributed by atoms with Gasteiger partial charge in [-0.3, -0.25) is 9.59 Å². The smallest absolute Gasteiger partial charge is 0.283 e. The lowest BCUT2D eigenvalue weighted by molar-refractivity contribution is -0.120. The van der Waals surface area contributed by atoms with Crippen molar-refractivity contribution < 1.29 is 18.0 Å². The van der Waals surface area contributed by atoms with Gasteiger partial charge in [-0.1, -0.05) is 29.3 Å². The average molecular weight is 406 g/mol. The zero-order valence-electron chi connectivity index (χ0n) is 14.5. The van der Waals surface area contributed by atoms with E-state index in [1.807, 2.05) is 13.0 Å². The molecule has 0 bridgehead atoms. The van der Waals surface area contributed by atoms with E-state index in [9.17, 15) is 18.0 Å². The lowest BCUT2D eigenvalue weighted by Crippen LogP contribution is -2.32. The summed E-state index contributed by atoms with van der Waals surface area (Å²) in [6.45, 7) is 3.71.